The third-order valence-electron chi connectivity index (χ3n) is 2.30. The Morgan fingerprint density at radius 1 is 1.33 bits per heavy atom. The Balaban J connectivity index is 2.14. The van der Waals surface area contributed by atoms with Crippen LogP contribution in [-0.2, 0) is 6.42 Å². The number of Topliss-reactive ketones (excluding diaryl/α,β-unsaturated/α-hetero) is 1. The fourth-order valence-electron chi connectivity index (χ4n) is 1.50. The SMILES string of the molecule is O=C(Cc1cccc(F)c1)c1ccc([N+](=O)[O-])o1. The molecule has 1 aromatic heterocycles. The number of hydrogen-bond donors (Lipinski definition) is 0. The first-order chi connectivity index (χ1) is 8.56. The van der Waals surface area contributed by atoms with E-state index in [1.165, 1.54) is 24.3 Å². The maximum Gasteiger partial charge on any atom is 0.433 e. The van der Waals surface area contributed by atoms with Gasteiger partial charge in [0.15, 0.2) is 5.76 Å². The molecule has 0 atom stereocenters. The zero-order valence-electron chi connectivity index (χ0n) is 9.13. The van der Waals surface area contributed by atoms with Crippen LogP contribution in [0.1, 0.15) is 16.1 Å². The lowest BCUT2D eigenvalue weighted by molar-refractivity contribution is -0.402. The Morgan fingerprint density at radius 2 is 2.11 bits per heavy atom. The normalized spacial score (nSPS) is 10.3. The van der Waals surface area contributed by atoms with Crippen LogP contribution in [0, 0.1) is 15.9 Å². The highest BCUT2D eigenvalue weighted by Gasteiger charge is 2.17. The van der Waals surface area contributed by atoms with Gasteiger partial charge in [0.25, 0.3) is 0 Å². The van der Waals surface area contributed by atoms with Gasteiger partial charge in [-0.25, -0.2) is 4.39 Å². The third kappa shape index (κ3) is 2.60. The van der Waals surface area contributed by atoms with E-state index in [0.717, 1.165) is 6.07 Å². The van der Waals surface area contributed by atoms with E-state index in [9.17, 15) is 19.3 Å². The molecule has 0 bridgehead atoms. The van der Waals surface area contributed by atoms with E-state index in [2.05, 4.69) is 0 Å². The zero-order valence-corrected chi connectivity index (χ0v) is 9.13. The lowest BCUT2D eigenvalue weighted by Crippen LogP contribution is -2.02. The summed E-state index contributed by atoms with van der Waals surface area (Å²) in [5.74, 6) is -1.47. The molecule has 92 valence electrons. The average molecular weight is 249 g/mol. The second-order valence-electron chi connectivity index (χ2n) is 3.62. The summed E-state index contributed by atoms with van der Waals surface area (Å²) in [4.78, 5) is 21.4. The van der Waals surface area contributed by atoms with Gasteiger partial charge in [0.2, 0.25) is 5.78 Å². The number of nitrogens with zero attached hydrogens (tertiary/aromatic N) is 1. The largest absolute Gasteiger partial charge is 0.433 e. The molecule has 2 aromatic rings. The van der Waals surface area contributed by atoms with E-state index in [4.69, 9.17) is 4.42 Å². The highest BCUT2D eigenvalue weighted by molar-refractivity contribution is 5.95. The molecule has 1 aromatic carbocycles. The Morgan fingerprint density at radius 3 is 2.72 bits per heavy atom. The summed E-state index contributed by atoms with van der Waals surface area (Å²) in [7, 11) is 0. The lowest BCUT2D eigenvalue weighted by Gasteiger charge is -1.98. The summed E-state index contributed by atoms with van der Waals surface area (Å²) in [6.45, 7) is 0. The van der Waals surface area contributed by atoms with E-state index in [-0.39, 0.29) is 12.2 Å². The van der Waals surface area contributed by atoms with Gasteiger partial charge in [-0.05, 0) is 23.8 Å². The predicted molar refractivity (Wildman–Crippen MR) is 59.8 cm³/mol. The molecule has 0 saturated carbocycles. The van der Waals surface area contributed by atoms with Crippen LogP contribution in [0.15, 0.2) is 40.8 Å². The second-order valence-corrected chi connectivity index (χ2v) is 3.62. The standard InChI is InChI=1S/C12H8FNO4/c13-9-3-1-2-8(6-9)7-10(15)11-4-5-12(18-11)14(16)17/h1-6H,7H2. The number of halogens is 1. The first-order valence-electron chi connectivity index (χ1n) is 5.08. The van der Waals surface area contributed by atoms with Crippen LogP contribution in [0.2, 0.25) is 0 Å². The molecule has 0 spiro atoms. The molecule has 6 heteroatoms. The molecule has 0 radical (unpaired) electrons. The molecule has 18 heavy (non-hydrogen) atoms. The minimum Gasteiger partial charge on any atom is -0.397 e. The molecule has 0 aliphatic rings. The molecule has 0 saturated heterocycles. The highest BCUT2D eigenvalue weighted by atomic mass is 19.1. The zero-order chi connectivity index (χ0) is 13.1. The summed E-state index contributed by atoms with van der Waals surface area (Å²) < 4.78 is 17.7. The number of carbonyl (C=O) groups excluding carboxylic acids is 1. The number of benzene rings is 1. The molecule has 0 fully saturated rings. The van der Waals surface area contributed by atoms with Crippen LogP contribution in [0.25, 0.3) is 0 Å². The molecule has 5 nitrogen and oxygen atoms in total. The fourth-order valence-corrected chi connectivity index (χ4v) is 1.50. The van der Waals surface area contributed by atoms with E-state index >= 15 is 0 Å². The minimum absolute atomic E-state index is 0.0670. The molecular weight excluding hydrogens is 241 g/mol. The van der Waals surface area contributed by atoms with Crippen LogP contribution < -0.4 is 0 Å². The molecule has 0 unspecified atom stereocenters. The fraction of sp³-hybridized carbons (Fsp3) is 0.0833. The average Bonchev–Trinajstić information content (AvgIpc) is 2.78. The van der Waals surface area contributed by atoms with Gasteiger partial charge in [0, 0.05) is 6.42 Å². The third-order valence-corrected chi connectivity index (χ3v) is 2.30. The van der Waals surface area contributed by atoms with Crippen molar-refractivity contribution in [3.63, 3.8) is 0 Å². The van der Waals surface area contributed by atoms with Gasteiger partial charge in [-0.1, -0.05) is 12.1 Å². The lowest BCUT2D eigenvalue weighted by atomic mass is 10.1. The number of nitro groups is 1. The molecule has 2 rings (SSSR count). The number of furan rings is 1. The predicted octanol–water partition coefficient (Wildman–Crippen LogP) is 2.75. The van der Waals surface area contributed by atoms with Crippen molar-refractivity contribution < 1.29 is 18.5 Å². The van der Waals surface area contributed by atoms with Crippen molar-refractivity contribution in [1.82, 2.24) is 0 Å². The van der Waals surface area contributed by atoms with Gasteiger partial charge in [0.05, 0.1) is 6.07 Å². The summed E-state index contributed by atoms with van der Waals surface area (Å²) in [5, 5.41) is 10.4. The maximum atomic E-state index is 12.9. The summed E-state index contributed by atoms with van der Waals surface area (Å²) in [6.07, 6.45) is -0.0670. The van der Waals surface area contributed by atoms with Gasteiger partial charge in [-0.15, -0.1) is 0 Å². The van der Waals surface area contributed by atoms with Crippen molar-refractivity contribution in [3.8, 4) is 0 Å². The number of ketones is 1. The molecule has 0 aliphatic carbocycles. The molecule has 0 aliphatic heterocycles. The van der Waals surface area contributed by atoms with Crippen LogP contribution in [0.4, 0.5) is 10.3 Å². The Kier molecular flexibility index (Phi) is 3.18. The highest BCUT2D eigenvalue weighted by Crippen LogP contribution is 2.17. The first-order valence-corrected chi connectivity index (χ1v) is 5.08. The second kappa shape index (κ2) is 4.79. The maximum absolute atomic E-state index is 12.9. The van der Waals surface area contributed by atoms with Crippen molar-refractivity contribution in [2.75, 3.05) is 0 Å². The Hall–Kier alpha value is -2.50. The summed E-state index contributed by atoms with van der Waals surface area (Å²) in [6, 6.07) is 7.93. The van der Waals surface area contributed by atoms with Gasteiger partial charge < -0.3 is 4.42 Å². The topological polar surface area (TPSA) is 73.3 Å². The Bertz CT molecular complexity index is 606. The van der Waals surface area contributed by atoms with Gasteiger partial charge in [-0.3, -0.25) is 14.9 Å². The van der Waals surface area contributed by atoms with Crippen LogP contribution in [0.5, 0.6) is 0 Å². The van der Waals surface area contributed by atoms with Gasteiger partial charge in [-0.2, -0.15) is 0 Å². The van der Waals surface area contributed by atoms with Crippen molar-refractivity contribution in [2.45, 2.75) is 6.42 Å². The van der Waals surface area contributed by atoms with E-state index in [1.807, 2.05) is 0 Å². The van der Waals surface area contributed by atoms with Gasteiger partial charge >= 0.3 is 5.88 Å². The van der Waals surface area contributed by atoms with Crippen molar-refractivity contribution in [2.24, 2.45) is 0 Å². The monoisotopic (exact) mass is 249 g/mol. The summed E-state index contributed by atoms with van der Waals surface area (Å²) >= 11 is 0. The molecule has 0 N–H and O–H groups in total. The van der Waals surface area contributed by atoms with E-state index < -0.39 is 22.4 Å². The van der Waals surface area contributed by atoms with Crippen LogP contribution in [0.3, 0.4) is 0 Å². The van der Waals surface area contributed by atoms with Crippen molar-refractivity contribution in [3.05, 3.63) is 63.7 Å². The first kappa shape index (κ1) is 12.0. The van der Waals surface area contributed by atoms with E-state index in [0.29, 0.717) is 5.56 Å². The quantitative estimate of drug-likeness (QED) is 0.474. The molecule has 0 amide bonds. The van der Waals surface area contributed by atoms with Crippen LogP contribution >= 0.6 is 0 Å². The van der Waals surface area contributed by atoms with Crippen molar-refractivity contribution in [1.29, 1.82) is 0 Å². The molecular formula is C12H8FNO4. The van der Waals surface area contributed by atoms with E-state index in [1.54, 1.807) is 6.07 Å². The minimum atomic E-state index is -0.723. The van der Waals surface area contributed by atoms with Crippen LogP contribution in [-0.4, -0.2) is 10.7 Å². The van der Waals surface area contributed by atoms with Gasteiger partial charge in [0.1, 0.15) is 10.7 Å². The summed E-state index contributed by atoms with van der Waals surface area (Å²) in [5.41, 5.74) is 0.485. The Labute approximate surface area is 101 Å². The molecule has 1 heterocycles. The number of rotatable bonds is 4. The number of hydrogen-bond acceptors (Lipinski definition) is 4. The van der Waals surface area contributed by atoms with Crippen molar-refractivity contribution >= 4 is 11.7 Å². The number of carbonyl (C=O) groups is 1. The smallest absolute Gasteiger partial charge is 0.397 e.